The summed E-state index contributed by atoms with van der Waals surface area (Å²) in [7, 11) is 1.51. The Balaban J connectivity index is 1.78. The highest BCUT2D eigenvalue weighted by atomic mass is 79.9. The first-order valence-electron chi connectivity index (χ1n) is 9.80. The van der Waals surface area contributed by atoms with Gasteiger partial charge >= 0.3 is 0 Å². The highest BCUT2D eigenvalue weighted by Crippen LogP contribution is 2.37. The standard InChI is InChI=1S/C25H21BrN2O5/c1-32-22-12-15(8-9-21(29)17-5-3-7-19(13-17)25(28)31)11-20(26)23(22)33-14-16-4-2-6-18(10-16)24(27)30/h2-13H,14H2,1H3,(H2,27,30)(H2,28,31)/b9-8+. The van der Waals surface area contributed by atoms with E-state index in [1.807, 2.05) is 6.07 Å². The van der Waals surface area contributed by atoms with Crippen LogP contribution in [0.15, 0.2) is 71.2 Å². The quantitative estimate of drug-likeness (QED) is 0.332. The number of ether oxygens (including phenoxy) is 2. The SMILES string of the molecule is COc1cc(/C=C/C(=O)c2cccc(C(N)=O)c2)cc(Br)c1OCc1cccc(C(N)=O)c1. The molecule has 0 atom stereocenters. The molecule has 3 aromatic rings. The zero-order chi connectivity index (χ0) is 24.0. The number of allylic oxidation sites excluding steroid dienone is 1. The lowest BCUT2D eigenvalue weighted by Gasteiger charge is -2.14. The highest BCUT2D eigenvalue weighted by Gasteiger charge is 2.13. The molecule has 0 aliphatic heterocycles. The Hall–Kier alpha value is -3.91. The summed E-state index contributed by atoms with van der Waals surface area (Å²) in [5.41, 5.74) is 13.1. The number of halogens is 1. The van der Waals surface area contributed by atoms with Crippen LogP contribution in [-0.4, -0.2) is 24.7 Å². The Morgan fingerprint density at radius 2 is 1.55 bits per heavy atom. The fraction of sp³-hybridized carbons (Fsp3) is 0.0800. The van der Waals surface area contributed by atoms with Crippen molar-refractivity contribution in [1.82, 2.24) is 0 Å². The molecule has 0 radical (unpaired) electrons. The lowest BCUT2D eigenvalue weighted by atomic mass is 10.1. The van der Waals surface area contributed by atoms with Gasteiger partial charge in [-0.2, -0.15) is 0 Å². The van der Waals surface area contributed by atoms with Crippen LogP contribution in [0.2, 0.25) is 0 Å². The monoisotopic (exact) mass is 508 g/mol. The number of methoxy groups -OCH3 is 1. The van der Waals surface area contributed by atoms with E-state index in [9.17, 15) is 14.4 Å². The zero-order valence-corrected chi connectivity index (χ0v) is 19.3. The normalized spacial score (nSPS) is 10.7. The number of ketones is 1. The molecule has 8 heteroatoms. The predicted octanol–water partition coefficient (Wildman–Crippen LogP) is 4.13. The number of rotatable bonds is 9. The molecule has 0 aliphatic carbocycles. The largest absolute Gasteiger partial charge is 0.493 e. The number of carbonyl (C=O) groups excluding carboxylic acids is 3. The average molecular weight is 509 g/mol. The van der Waals surface area contributed by atoms with Crippen LogP contribution < -0.4 is 20.9 Å². The van der Waals surface area contributed by atoms with Gasteiger partial charge in [0.1, 0.15) is 6.61 Å². The molecule has 0 aromatic heterocycles. The summed E-state index contributed by atoms with van der Waals surface area (Å²) in [6.45, 7) is 0.194. The Labute approximate surface area is 199 Å². The summed E-state index contributed by atoms with van der Waals surface area (Å²) in [6.07, 6.45) is 3.03. The maximum absolute atomic E-state index is 12.5. The summed E-state index contributed by atoms with van der Waals surface area (Å²) in [6, 6.07) is 16.6. The van der Waals surface area contributed by atoms with Gasteiger partial charge in [0, 0.05) is 16.7 Å². The Bertz CT molecular complexity index is 1250. The van der Waals surface area contributed by atoms with E-state index in [2.05, 4.69) is 15.9 Å². The number of hydrogen-bond acceptors (Lipinski definition) is 5. The zero-order valence-electron chi connectivity index (χ0n) is 17.7. The van der Waals surface area contributed by atoms with Crippen molar-refractivity contribution in [1.29, 1.82) is 0 Å². The van der Waals surface area contributed by atoms with Crippen LogP contribution in [0.3, 0.4) is 0 Å². The molecule has 33 heavy (non-hydrogen) atoms. The van der Waals surface area contributed by atoms with E-state index < -0.39 is 11.8 Å². The van der Waals surface area contributed by atoms with E-state index in [1.165, 1.54) is 19.3 Å². The van der Waals surface area contributed by atoms with Gasteiger partial charge in [-0.25, -0.2) is 0 Å². The number of carbonyl (C=O) groups is 3. The minimum atomic E-state index is -0.598. The first kappa shape index (κ1) is 23.7. The molecule has 0 spiro atoms. The van der Waals surface area contributed by atoms with Crippen molar-refractivity contribution in [2.75, 3.05) is 7.11 Å². The van der Waals surface area contributed by atoms with Crippen LogP contribution in [0.5, 0.6) is 11.5 Å². The topological polar surface area (TPSA) is 122 Å². The van der Waals surface area contributed by atoms with E-state index in [-0.39, 0.29) is 18.0 Å². The van der Waals surface area contributed by atoms with E-state index in [1.54, 1.807) is 54.6 Å². The number of nitrogens with two attached hydrogens (primary N) is 2. The van der Waals surface area contributed by atoms with Gasteiger partial charge in [0.15, 0.2) is 17.3 Å². The lowest BCUT2D eigenvalue weighted by molar-refractivity contribution is 0.0991. The van der Waals surface area contributed by atoms with Crippen molar-refractivity contribution in [3.8, 4) is 11.5 Å². The fourth-order valence-electron chi connectivity index (χ4n) is 3.04. The first-order valence-corrected chi connectivity index (χ1v) is 10.6. The predicted molar refractivity (Wildman–Crippen MR) is 128 cm³/mol. The molecule has 0 heterocycles. The van der Waals surface area contributed by atoms with Crippen molar-refractivity contribution in [3.05, 3.63) is 99.0 Å². The van der Waals surface area contributed by atoms with Gasteiger partial charge in [-0.05, 0) is 69.5 Å². The number of primary amides is 2. The Morgan fingerprint density at radius 3 is 2.21 bits per heavy atom. The Morgan fingerprint density at radius 1 is 0.909 bits per heavy atom. The van der Waals surface area contributed by atoms with Gasteiger partial charge in [0.2, 0.25) is 11.8 Å². The second kappa shape index (κ2) is 10.6. The van der Waals surface area contributed by atoms with Crippen LogP contribution in [0, 0.1) is 0 Å². The third-order valence-corrected chi connectivity index (χ3v) is 5.29. The van der Waals surface area contributed by atoms with Crippen molar-refractivity contribution in [2.45, 2.75) is 6.61 Å². The molecule has 0 saturated carbocycles. The van der Waals surface area contributed by atoms with E-state index in [0.29, 0.717) is 32.7 Å². The van der Waals surface area contributed by atoms with Crippen LogP contribution in [0.1, 0.15) is 42.2 Å². The fourth-order valence-corrected chi connectivity index (χ4v) is 3.61. The second-order valence-electron chi connectivity index (χ2n) is 7.03. The van der Waals surface area contributed by atoms with E-state index in [4.69, 9.17) is 20.9 Å². The molecule has 7 nitrogen and oxygen atoms in total. The van der Waals surface area contributed by atoms with Crippen molar-refractivity contribution >= 4 is 39.6 Å². The molecular weight excluding hydrogens is 488 g/mol. The van der Waals surface area contributed by atoms with Gasteiger partial charge in [-0.1, -0.05) is 30.3 Å². The van der Waals surface area contributed by atoms with E-state index >= 15 is 0 Å². The summed E-state index contributed by atoms with van der Waals surface area (Å²) in [5, 5.41) is 0. The summed E-state index contributed by atoms with van der Waals surface area (Å²) < 4.78 is 12.0. The second-order valence-corrected chi connectivity index (χ2v) is 7.88. The molecule has 2 amide bonds. The molecule has 4 N–H and O–H groups in total. The van der Waals surface area contributed by atoms with Crippen LogP contribution in [0.4, 0.5) is 0 Å². The molecule has 3 rings (SSSR count). The number of benzene rings is 3. The average Bonchev–Trinajstić information content (AvgIpc) is 2.81. The maximum Gasteiger partial charge on any atom is 0.248 e. The number of hydrogen-bond donors (Lipinski definition) is 2. The van der Waals surface area contributed by atoms with Crippen LogP contribution in [0.25, 0.3) is 6.08 Å². The molecule has 3 aromatic carbocycles. The van der Waals surface area contributed by atoms with Gasteiger partial charge in [0.25, 0.3) is 0 Å². The molecule has 0 unspecified atom stereocenters. The van der Waals surface area contributed by atoms with Gasteiger partial charge in [-0.3, -0.25) is 14.4 Å². The third kappa shape index (κ3) is 6.08. The van der Waals surface area contributed by atoms with E-state index in [0.717, 1.165) is 5.56 Å². The molecule has 0 bridgehead atoms. The van der Waals surface area contributed by atoms with Gasteiger partial charge in [-0.15, -0.1) is 0 Å². The van der Waals surface area contributed by atoms with Crippen molar-refractivity contribution < 1.29 is 23.9 Å². The molecule has 168 valence electrons. The minimum Gasteiger partial charge on any atom is -0.493 e. The lowest BCUT2D eigenvalue weighted by Crippen LogP contribution is -2.11. The molecule has 0 fully saturated rings. The number of amides is 2. The molecule has 0 aliphatic rings. The van der Waals surface area contributed by atoms with Crippen molar-refractivity contribution in [2.24, 2.45) is 11.5 Å². The third-order valence-electron chi connectivity index (χ3n) is 4.71. The summed E-state index contributed by atoms with van der Waals surface area (Å²) >= 11 is 3.48. The van der Waals surface area contributed by atoms with Crippen LogP contribution in [-0.2, 0) is 6.61 Å². The van der Waals surface area contributed by atoms with Gasteiger partial charge < -0.3 is 20.9 Å². The maximum atomic E-state index is 12.5. The molecular formula is C25H21BrN2O5. The molecule has 0 saturated heterocycles. The minimum absolute atomic E-state index is 0.194. The first-order chi connectivity index (χ1) is 15.8. The summed E-state index contributed by atoms with van der Waals surface area (Å²) in [4.78, 5) is 35.2. The smallest absolute Gasteiger partial charge is 0.248 e. The van der Waals surface area contributed by atoms with Crippen LogP contribution >= 0.6 is 15.9 Å². The highest BCUT2D eigenvalue weighted by molar-refractivity contribution is 9.10. The van der Waals surface area contributed by atoms with Gasteiger partial charge in [0.05, 0.1) is 11.6 Å². The Kier molecular flexibility index (Phi) is 7.63. The summed E-state index contributed by atoms with van der Waals surface area (Å²) in [5.74, 6) is -0.456. The van der Waals surface area contributed by atoms with Crippen molar-refractivity contribution in [3.63, 3.8) is 0 Å².